The van der Waals surface area contributed by atoms with Crippen LogP contribution in [-0.4, -0.2) is 46.5 Å². The number of H-pyrrole nitrogens is 1. The molecule has 0 fully saturated rings. The van der Waals surface area contributed by atoms with Crippen LogP contribution in [0.5, 0.6) is 0 Å². The summed E-state index contributed by atoms with van der Waals surface area (Å²) in [5, 5.41) is 10.1. The molecule has 32 heavy (non-hydrogen) atoms. The number of carbonyl (C=O) groups is 1. The van der Waals surface area contributed by atoms with E-state index in [2.05, 4.69) is 29.9 Å². The van der Waals surface area contributed by atoms with E-state index in [0.29, 0.717) is 30.5 Å². The van der Waals surface area contributed by atoms with E-state index in [4.69, 9.17) is 5.73 Å². The van der Waals surface area contributed by atoms with Gasteiger partial charge in [-0.15, -0.1) is 11.3 Å². The molecule has 1 aromatic carbocycles. The van der Waals surface area contributed by atoms with Gasteiger partial charge in [-0.05, 0) is 49.1 Å². The summed E-state index contributed by atoms with van der Waals surface area (Å²) in [5.41, 5.74) is 6.43. The molecule has 0 aliphatic carbocycles. The minimum absolute atomic E-state index is 0.0802. The van der Waals surface area contributed by atoms with Crippen LogP contribution in [0.25, 0.3) is 10.6 Å². The molecule has 4 aromatic rings. The van der Waals surface area contributed by atoms with E-state index in [0.717, 1.165) is 0 Å². The third-order valence-corrected chi connectivity index (χ3v) is 8.23. The van der Waals surface area contributed by atoms with Gasteiger partial charge in [0.05, 0.1) is 9.79 Å². The van der Waals surface area contributed by atoms with E-state index in [1.54, 1.807) is 24.4 Å². The fourth-order valence-electron chi connectivity index (χ4n) is 2.61. The van der Waals surface area contributed by atoms with E-state index in [-0.39, 0.29) is 10.6 Å². The summed E-state index contributed by atoms with van der Waals surface area (Å²) >= 11 is 3.87. The van der Waals surface area contributed by atoms with Crippen molar-refractivity contribution in [2.75, 3.05) is 7.05 Å². The van der Waals surface area contributed by atoms with Crippen molar-refractivity contribution >= 4 is 50.8 Å². The van der Waals surface area contributed by atoms with Crippen LogP contribution in [0.1, 0.15) is 10.5 Å². The number of hydrogen-bond acceptors (Lipinski definition) is 10. The smallest absolute Gasteiger partial charge is 0.268 e. The van der Waals surface area contributed by atoms with Crippen molar-refractivity contribution in [3.63, 3.8) is 0 Å². The Morgan fingerprint density at radius 3 is 2.56 bits per heavy atom. The van der Waals surface area contributed by atoms with Crippen molar-refractivity contribution in [2.45, 2.75) is 24.9 Å². The molecule has 164 valence electrons. The molecule has 4 rings (SSSR count). The predicted octanol–water partition coefficient (Wildman–Crippen LogP) is 2.63. The molecule has 0 bridgehead atoms. The summed E-state index contributed by atoms with van der Waals surface area (Å²) in [6.45, 7) is 0. The van der Waals surface area contributed by atoms with Crippen molar-refractivity contribution in [1.82, 2.24) is 29.9 Å². The van der Waals surface area contributed by atoms with Crippen molar-refractivity contribution in [2.24, 2.45) is 5.73 Å². The second-order valence-corrected chi connectivity index (χ2v) is 10.9. The summed E-state index contributed by atoms with van der Waals surface area (Å²) in [6.07, 6.45) is 3.04. The number of thiazole rings is 1. The Labute approximate surface area is 195 Å². The zero-order valence-corrected chi connectivity index (χ0v) is 19.6. The van der Waals surface area contributed by atoms with Gasteiger partial charge in [-0.3, -0.25) is 9.89 Å². The van der Waals surface area contributed by atoms with Gasteiger partial charge in [0, 0.05) is 22.0 Å². The Bertz CT molecular complexity index is 1340. The molecular formula is C18H15N7O3S4. The number of rotatable bonds is 8. The number of amides is 1. The molecule has 0 saturated heterocycles. The number of hydrogen-bond donors (Lipinski definition) is 3. The van der Waals surface area contributed by atoms with Crippen molar-refractivity contribution < 1.29 is 13.2 Å². The van der Waals surface area contributed by atoms with Gasteiger partial charge in [0.15, 0.2) is 5.16 Å². The number of aromatic nitrogens is 5. The SMILES string of the molecule is CNS(=O)(=O)c1ccc(Sc2c(-c3nccs3)cc(Sc3ncn[nH]3)nc2C(N)=O)cc1. The maximum Gasteiger partial charge on any atom is 0.268 e. The van der Waals surface area contributed by atoms with Crippen LogP contribution in [0, 0.1) is 0 Å². The second-order valence-electron chi connectivity index (χ2n) is 6.06. The van der Waals surface area contributed by atoms with Gasteiger partial charge < -0.3 is 5.73 Å². The highest BCUT2D eigenvalue weighted by molar-refractivity contribution is 7.99. The van der Waals surface area contributed by atoms with E-state index >= 15 is 0 Å². The molecule has 0 aliphatic rings. The third-order valence-electron chi connectivity index (χ3n) is 4.06. The van der Waals surface area contributed by atoms with Crippen molar-refractivity contribution in [1.29, 1.82) is 0 Å². The molecule has 1 amide bonds. The Kier molecular flexibility index (Phi) is 6.57. The van der Waals surface area contributed by atoms with Crippen molar-refractivity contribution in [3.8, 4) is 10.6 Å². The first-order valence-corrected chi connectivity index (χ1v) is 12.9. The average molecular weight is 506 g/mol. The number of nitrogens with one attached hydrogen (secondary N) is 2. The third kappa shape index (κ3) is 4.83. The van der Waals surface area contributed by atoms with E-state index in [1.807, 2.05) is 5.38 Å². The molecule has 14 heteroatoms. The molecule has 0 spiro atoms. The lowest BCUT2D eigenvalue weighted by atomic mass is 10.2. The molecule has 0 unspecified atom stereocenters. The van der Waals surface area contributed by atoms with Crippen LogP contribution in [0.4, 0.5) is 0 Å². The average Bonchev–Trinajstić information content (AvgIpc) is 3.49. The number of nitrogens with zero attached hydrogens (tertiary/aromatic N) is 4. The Balaban J connectivity index is 1.78. The first kappa shape index (κ1) is 22.4. The summed E-state index contributed by atoms with van der Waals surface area (Å²) in [5.74, 6) is -0.695. The molecular weight excluding hydrogens is 491 g/mol. The van der Waals surface area contributed by atoms with Gasteiger partial charge in [-0.2, -0.15) is 5.10 Å². The quantitative estimate of drug-likeness (QED) is 0.327. The van der Waals surface area contributed by atoms with Crippen LogP contribution < -0.4 is 10.5 Å². The van der Waals surface area contributed by atoms with E-state index < -0.39 is 15.9 Å². The molecule has 3 heterocycles. The summed E-state index contributed by atoms with van der Waals surface area (Å²) in [7, 11) is -2.21. The Morgan fingerprint density at radius 1 is 1.19 bits per heavy atom. The number of sulfonamides is 1. The molecule has 0 saturated carbocycles. The highest BCUT2D eigenvalue weighted by Gasteiger charge is 2.22. The first-order valence-electron chi connectivity index (χ1n) is 8.87. The number of aromatic amines is 1. The standard InChI is InChI=1S/C18H15N7O3S4/c1-20-32(27,28)11-4-2-10(3-5-11)30-15-12(17-21-6-7-29-17)8-13(24-14(15)16(19)26)31-18-22-9-23-25-18/h2-9,20H,1H3,(H2,19,26)(H,22,23,25). The van der Waals surface area contributed by atoms with Crippen LogP contribution in [0.3, 0.4) is 0 Å². The van der Waals surface area contributed by atoms with Crippen molar-refractivity contribution in [3.05, 3.63) is 53.9 Å². The van der Waals surface area contributed by atoms with Crippen LogP contribution >= 0.6 is 34.9 Å². The summed E-state index contributed by atoms with van der Waals surface area (Å²) in [4.78, 5) is 26.6. The van der Waals surface area contributed by atoms with Gasteiger partial charge in [-0.25, -0.2) is 28.1 Å². The fraction of sp³-hybridized carbons (Fsp3) is 0.0556. The maximum atomic E-state index is 12.3. The minimum atomic E-state index is -3.55. The van der Waals surface area contributed by atoms with Crippen LogP contribution in [0.15, 0.2) is 73.1 Å². The monoisotopic (exact) mass is 505 g/mol. The number of primary amides is 1. The zero-order chi connectivity index (χ0) is 22.7. The van der Waals surface area contributed by atoms with Gasteiger partial charge in [0.2, 0.25) is 10.0 Å². The van der Waals surface area contributed by atoms with Gasteiger partial charge in [-0.1, -0.05) is 11.8 Å². The highest BCUT2D eigenvalue weighted by Crippen LogP contribution is 2.41. The molecule has 0 atom stereocenters. The normalized spacial score (nSPS) is 11.5. The predicted molar refractivity (Wildman–Crippen MR) is 121 cm³/mol. The highest BCUT2D eigenvalue weighted by atomic mass is 32.2. The topological polar surface area (TPSA) is 157 Å². The number of carbonyl (C=O) groups excluding carboxylic acids is 1. The van der Waals surface area contributed by atoms with Crippen LogP contribution in [0.2, 0.25) is 0 Å². The number of nitrogens with two attached hydrogens (primary N) is 1. The maximum absolute atomic E-state index is 12.3. The molecule has 4 N–H and O–H groups in total. The largest absolute Gasteiger partial charge is 0.364 e. The Hall–Kier alpha value is -2.78. The lowest BCUT2D eigenvalue weighted by Crippen LogP contribution is -2.18. The minimum Gasteiger partial charge on any atom is -0.364 e. The van der Waals surface area contributed by atoms with E-state index in [9.17, 15) is 13.2 Å². The molecule has 0 radical (unpaired) electrons. The lowest BCUT2D eigenvalue weighted by molar-refractivity contribution is 0.0992. The summed E-state index contributed by atoms with van der Waals surface area (Å²) < 4.78 is 26.2. The van der Waals surface area contributed by atoms with Crippen LogP contribution in [-0.2, 0) is 10.0 Å². The zero-order valence-electron chi connectivity index (χ0n) is 16.3. The first-order chi connectivity index (χ1) is 15.4. The van der Waals surface area contributed by atoms with Gasteiger partial charge >= 0.3 is 0 Å². The molecule has 10 nitrogen and oxygen atoms in total. The van der Waals surface area contributed by atoms with Gasteiger partial charge in [0.25, 0.3) is 5.91 Å². The molecule has 3 aromatic heterocycles. The second kappa shape index (κ2) is 9.38. The summed E-state index contributed by atoms with van der Waals surface area (Å²) in [6, 6.07) is 8.09. The number of pyridine rings is 1. The Morgan fingerprint density at radius 2 is 1.97 bits per heavy atom. The lowest BCUT2D eigenvalue weighted by Gasteiger charge is -2.13. The van der Waals surface area contributed by atoms with Gasteiger partial charge in [0.1, 0.15) is 22.1 Å². The number of benzene rings is 1. The van der Waals surface area contributed by atoms with E-state index in [1.165, 1.54) is 60.4 Å². The fourth-order valence-corrected chi connectivity index (χ4v) is 5.79. The molecule has 0 aliphatic heterocycles.